The number of pyridine rings is 1. The van der Waals surface area contributed by atoms with Gasteiger partial charge in [-0.2, -0.15) is 0 Å². The number of benzene rings is 1. The van der Waals surface area contributed by atoms with E-state index in [1.54, 1.807) is 11.8 Å². The van der Waals surface area contributed by atoms with Gasteiger partial charge in [-0.05, 0) is 30.3 Å². The first-order valence-electron chi connectivity index (χ1n) is 7.43. The van der Waals surface area contributed by atoms with Crippen molar-refractivity contribution >= 4 is 29.0 Å². The highest BCUT2D eigenvalue weighted by molar-refractivity contribution is 7.98. The van der Waals surface area contributed by atoms with Crippen LogP contribution in [0.25, 0.3) is 5.65 Å². The number of nitrogens with zero attached hydrogens (tertiary/aromatic N) is 2. The second kappa shape index (κ2) is 6.34. The SMILES string of the molecule is Clc1ccc2nc(CSc3ccc4c(c3)OCCCO4)cn2c1. The van der Waals surface area contributed by atoms with E-state index in [4.69, 9.17) is 21.1 Å². The Bertz CT molecular complexity index is 850. The third-order valence-corrected chi connectivity index (χ3v) is 4.82. The minimum absolute atomic E-state index is 0.703. The summed E-state index contributed by atoms with van der Waals surface area (Å²) in [6, 6.07) is 9.85. The molecule has 0 N–H and O–H groups in total. The highest BCUT2D eigenvalue weighted by Gasteiger charge is 2.11. The first kappa shape index (κ1) is 14.7. The molecule has 1 aromatic carbocycles. The van der Waals surface area contributed by atoms with E-state index in [0.29, 0.717) is 18.2 Å². The molecule has 1 aliphatic heterocycles. The zero-order valence-corrected chi connectivity index (χ0v) is 13.9. The zero-order chi connectivity index (χ0) is 15.6. The monoisotopic (exact) mass is 346 g/mol. The van der Waals surface area contributed by atoms with Gasteiger partial charge < -0.3 is 13.9 Å². The van der Waals surface area contributed by atoms with Crippen LogP contribution in [0.3, 0.4) is 0 Å². The number of ether oxygens (including phenoxy) is 2. The molecule has 0 atom stereocenters. The van der Waals surface area contributed by atoms with Crippen LogP contribution < -0.4 is 9.47 Å². The van der Waals surface area contributed by atoms with Crippen molar-refractivity contribution in [1.29, 1.82) is 0 Å². The van der Waals surface area contributed by atoms with E-state index in [1.165, 1.54) is 0 Å². The fraction of sp³-hybridized carbons (Fsp3) is 0.235. The number of hydrogen-bond donors (Lipinski definition) is 0. The number of fused-ring (bicyclic) bond motifs is 2. The largest absolute Gasteiger partial charge is 0.490 e. The van der Waals surface area contributed by atoms with Gasteiger partial charge in [0.15, 0.2) is 11.5 Å². The van der Waals surface area contributed by atoms with Crippen LogP contribution in [-0.4, -0.2) is 22.6 Å². The van der Waals surface area contributed by atoms with E-state index in [1.807, 2.05) is 41.1 Å². The van der Waals surface area contributed by atoms with E-state index in [9.17, 15) is 0 Å². The lowest BCUT2D eigenvalue weighted by molar-refractivity contribution is 0.297. The maximum atomic E-state index is 6.00. The van der Waals surface area contributed by atoms with Gasteiger partial charge in [0.1, 0.15) is 5.65 Å². The number of aromatic nitrogens is 2. The first-order valence-corrected chi connectivity index (χ1v) is 8.80. The number of hydrogen-bond acceptors (Lipinski definition) is 4. The highest BCUT2D eigenvalue weighted by Crippen LogP contribution is 2.34. The fourth-order valence-electron chi connectivity index (χ4n) is 2.48. The Labute approximate surface area is 143 Å². The lowest BCUT2D eigenvalue weighted by Gasteiger charge is -2.08. The van der Waals surface area contributed by atoms with Crippen molar-refractivity contribution in [3.63, 3.8) is 0 Å². The molecular weight excluding hydrogens is 332 g/mol. The summed E-state index contributed by atoms with van der Waals surface area (Å²) >= 11 is 7.73. The predicted molar refractivity (Wildman–Crippen MR) is 91.8 cm³/mol. The van der Waals surface area contributed by atoms with Gasteiger partial charge in [-0.1, -0.05) is 11.6 Å². The summed E-state index contributed by atoms with van der Waals surface area (Å²) in [6.45, 7) is 1.41. The second-order valence-electron chi connectivity index (χ2n) is 5.29. The Morgan fingerprint density at radius 1 is 1.09 bits per heavy atom. The fourth-order valence-corrected chi connectivity index (χ4v) is 3.45. The molecule has 6 heteroatoms. The Hall–Kier alpha value is -1.85. The van der Waals surface area contributed by atoms with Crippen molar-refractivity contribution in [3.05, 3.63) is 53.4 Å². The molecule has 0 amide bonds. The Morgan fingerprint density at radius 3 is 2.87 bits per heavy atom. The standard InChI is InChI=1S/C17H15ClN2O2S/c18-12-2-5-17-19-13(10-20(17)9-12)11-23-14-3-4-15-16(8-14)22-7-1-6-21-15/h2-5,8-10H,1,6-7,11H2. The minimum atomic E-state index is 0.703. The van der Waals surface area contributed by atoms with Crippen molar-refractivity contribution in [2.45, 2.75) is 17.1 Å². The molecule has 0 bridgehead atoms. The van der Waals surface area contributed by atoms with Crippen molar-refractivity contribution in [1.82, 2.24) is 9.38 Å². The Morgan fingerprint density at radius 2 is 1.96 bits per heavy atom. The third kappa shape index (κ3) is 3.26. The molecule has 0 fully saturated rings. The summed E-state index contributed by atoms with van der Waals surface area (Å²) in [6.07, 6.45) is 4.80. The van der Waals surface area contributed by atoms with E-state index < -0.39 is 0 Å². The molecule has 118 valence electrons. The highest BCUT2D eigenvalue weighted by atomic mass is 35.5. The van der Waals surface area contributed by atoms with Gasteiger partial charge in [-0.3, -0.25) is 0 Å². The molecule has 2 aromatic heterocycles. The van der Waals surface area contributed by atoms with Gasteiger partial charge in [-0.25, -0.2) is 4.98 Å². The van der Waals surface area contributed by atoms with Crippen LogP contribution in [0, 0.1) is 0 Å². The lowest BCUT2D eigenvalue weighted by Crippen LogP contribution is -1.97. The van der Waals surface area contributed by atoms with Gasteiger partial charge >= 0.3 is 0 Å². The van der Waals surface area contributed by atoms with Crippen LogP contribution in [0.4, 0.5) is 0 Å². The molecule has 1 aliphatic rings. The summed E-state index contributed by atoms with van der Waals surface area (Å²) in [7, 11) is 0. The topological polar surface area (TPSA) is 35.8 Å². The Kier molecular flexibility index (Phi) is 4.06. The summed E-state index contributed by atoms with van der Waals surface area (Å²) in [5, 5.41) is 0.706. The van der Waals surface area contributed by atoms with E-state index in [0.717, 1.165) is 39.9 Å². The molecular formula is C17H15ClN2O2S. The molecule has 4 nitrogen and oxygen atoms in total. The van der Waals surface area contributed by atoms with Gasteiger partial charge in [0.05, 0.1) is 23.9 Å². The average molecular weight is 347 g/mol. The number of thioether (sulfide) groups is 1. The van der Waals surface area contributed by atoms with Crippen LogP contribution in [-0.2, 0) is 5.75 Å². The van der Waals surface area contributed by atoms with Crippen molar-refractivity contribution < 1.29 is 9.47 Å². The normalized spacial score (nSPS) is 14.0. The van der Waals surface area contributed by atoms with Crippen LogP contribution in [0.2, 0.25) is 5.02 Å². The number of rotatable bonds is 3. The molecule has 0 spiro atoms. The van der Waals surface area contributed by atoms with Crippen LogP contribution >= 0.6 is 23.4 Å². The summed E-state index contributed by atoms with van der Waals surface area (Å²) in [5.41, 5.74) is 1.92. The predicted octanol–water partition coefficient (Wildman–Crippen LogP) is 4.44. The van der Waals surface area contributed by atoms with E-state index in [-0.39, 0.29) is 0 Å². The van der Waals surface area contributed by atoms with Crippen LogP contribution in [0.1, 0.15) is 12.1 Å². The second-order valence-corrected chi connectivity index (χ2v) is 6.78. The minimum Gasteiger partial charge on any atom is -0.490 e. The average Bonchev–Trinajstić information content (AvgIpc) is 2.80. The van der Waals surface area contributed by atoms with Gasteiger partial charge in [0.25, 0.3) is 0 Å². The number of halogens is 1. The van der Waals surface area contributed by atoms with Gasteiger partial charge in [-0.15, -0.1) is 11.8 Å². The third-order valence-electron chi connectivity index (χ3n) is 3.57. The quantitative estimate of drug-likeness (QED) is 0.657. The van der Waals surface area contributed by atoms with Crippen molar-refractivity contribution in [2.75, 3.05) is 13.2 Å². The van der Waals surface area contributed by atoms with Gasteiger partial charge in [0.2, 0.25) is 0 Å². The number of imidazole rings is 1. The molecule has 0 unspecified atom stereocenters. The summed E-state index contributed by atoms with van der Waals surface area (Å²) in [5.74, 6) is 2.45. The molecule has 0 aliphatic carbocycles. The molecule has 3 heterocycles. The first-order chi connectivity index (χ1) is 11.3. The van der Waals surface area contributed by atoms with E-state index >= 15 is 0 Å². The van der Waals surface area contributed by atoms with Crippen LogP contribution in [0.15, 0.2) is 47.6 Å². The molecule has 0 saturated carbocycles. The summed E-state index contributed by atoms with van der Waals surface area (Å²) in [4.78, 5) is 5.74. The molecule has 23 heavy (non-hydrogen) atoms. The smallest absolute Gasteiger partial charge is 0.162 e. The molecule has 4 rings (SSSR count). The van der Waals surface area contributed by atoms with Crippen LogP contribution in [0.5, 0.6) is 11.5 Å². The summed E-state index contributed by atoms with van der Waals surface area (Å²) < 4.78 is 13.3. The Balaban J connectivity index is 1.50. The lowest BCUT2D eigenvalue weighted by atomic mass is 10.3. The molecule has 0 saturated heterocycles. The maximum absolute atomic E-state index is 6.00. The zero-order valence-electron chi connectivity index (χ0n) is 12.4. The molecule has 0 radical (unpaired) electrons. The maximum Gasteiger partial charge on any atom is 0.162 e. The van der Waals surface area contributed by atoms with Gasteiger partial charge in [0, 0.05) is 29.5 Å². The van der Waals surface area contributed by atoms with E-state index in [2.05, 4.69) is 11.1 Å². The molecule has 3 aromatic rings. The van der Waals surface area contributed by atoms with Crippen molar-refractivity contribution in [3.8, 4) is 11.5 Å². The van der Waals surface area contributed by atoms with Crippen molar-refractivity contribution in [2.24, 2.45) is 0 Å².